The molecule has 3 heterocycles. The van der Waals surface area contributed by atoms with Crippen molar-refractivity contribution in [2.24, 2.45) is 20.0 Å². The van der Waals surface area contributed by atoms with Gasteiger partial charge in [-0.15, -0.1) is 5.10 Å². The lowest BCUT2D eigenvalue weighted by Gasteiger charge is -2.09. The highest BCUT2D eigenvalue weighted by Crippen LogP contribution is 2.46. The SMILES string of the molecule is COc1ccc([C@H]2C[C@@H]2COc2cc(CCc3cc(C)nn3C)c(=O)n(C)n2)nc1. The summed E-state index contributed by atoms with van der Waals surface area (Å²) >= 11 is 0. The highest BCUT2D eigenvalue weighted by molar-refractivity contribution is 5.25. The molecule has 1 fully saturated rings. The Labute approximate surface area is 175 Å². The molecule has 30 heavy (non-hydrogen) atoms. The number of ether oxygens (including phenoxy) is 2. The maximum atomic E-state index is 12.5. The number of aromatic nitrogens is 5. The molecule has 0 aromatic carbocycles. The molecule has 8 heteroatoms. The van der Waals surface area contributed by atoms with Crippen LogP contribution in [0.4, 0.5) is 0 Å². The van der Waals surface area contributed by atoms with Crippen molar-refractivity contribution in [1.29, 1.82) is 0 Å². The van der Waals surface area contributed by atoms with E-state index < -0.39 is 0 Å². The summed E-state index contributed by atoms with van der Waals surface area (Å²) in [6.45, 7) is 2.53. The van der Waals surface area contributed by atoms with Crippen LogP contribution >= 0.6 is 0 Å². The lowest BCUT2D eigenvalue weighted by Crippen LogP contribution is -2.24. The lowest BCUT2D eigenvalue weighted by atomic mass is 10.1. The third-order valence-electron chi connectivity index (χ3n) is 5.61. The number of aryl methyl sites for hydroxylation is 5. The van der Waals surface area contributed by atoms with E-state index in [-0.39, 0.29) is 5.56 Å². The van der Waals surface area contributed by atoms with Crippen molar-refractivity contribution in [3.05, 3.63) is 63.5 Å². The average molecular weight is 409 g/mol. The summed E-state index contributed by atoms with van der Waals surface area (Å²) in [5.41, 5.74) is 3.75. The van der Waals surface area contributed by atoms with Gasteiger partial charge in [0.1, 0.15) is 5.75 Å². The van der Waals surface area contributed by atoms with Gasteiger partial charge in [-0.2, -0.15) is 5.10 Å². The molecule has 0 aliphatic heterocycles. The van der Waals surface area contributed by atoms with Gasteiger partial charge in [-0.05, 0) is 44.4 Å². The molecule has 8 nitrogen and oxygen atoms in total. The Balaban J connectivity index is 1.37. The van der Waals surface area contributed by atoms with E-state index in [1.165, 1.54) is 4.68 Å². The standard InChI is InChI=1S/C22H27N5O3/c1-14-9-17(26(2)24-14)6-5-15-11-21(25-27(3)22(15)28)30-13-16-10-19(16)20-8-7-18(29-4)12-23-20/h7-9,11-12,16,19H,5-6,10,13H2,1-4H3/t16-,19+/m1/s1. The first-order chi connectivity index (χ1) is 14.4. The molecule has 2 atom stereocenters. The van der Waals surface area contributed by atoms with E-state index in [4.69, 9.17) is 9.47 Å². The van der Waals surface area contributed by atoms with Crippen molar-refractivity contribution in [2.45, 2.75) is 32.1 Å². The first-order valence-corrected chi connectivity index (χ1v) is 10.1. The van der Waals surface area contributed by atoms with Gasteiger partial charge < -0.3 is 9.47 Å². The van der Waals surface area contributed by atoms with Crippen LogP contribution in [0.1, 0.15) is 35.0 Å². The zero-order chi connectivity index (χ0) is 21.3. The second-order valence-corrected chi connectivity index (χ2v) is 7.87. The molecule has 3 aromatic rings. The summed E-state index contributed by atoms with van der Waals surface area (Å²) < 4.78 is 14.3. The van der Waals surface area contributed by atoms with Crippen LogP contribution in [0, 0.1) is 12.8 Å². The van der Waals surface area contributed by atoms with Gasteiger partial charge in [-0.3, -0.25) is 14.5 Å². The number of methoxy groups -OCH3 is 1. The van der Waals surface area contributed by atoms with Gasteiger partial charge in [-0.1, -0.05) is 0 Å². The van der Waals surface area contributed by atoms with Crippen molar-refractivity contribution >= 4 is 0 Å². The molecule has 0 radical (unpaired) electrons. The van der Waals surface area contributed by atoms with E-state index in [2.05, 4.69) is 15.2 Å². The van der Waals surface area contributed by atoms with Crippen molar-refractivity contribution < 1.29 is 9.47 Å². The number of rotatable bonds is 8. The van der Waals surface area contributed by atoms with Crippen molar-refractivity contribution in [1.82, 2.24) is 24.5 Å². The molecule has 4 rings (SSSR count). The van der Waals surface area contributed by atoms with Gasteiger partial charge >= 0.3 is 0 Å². The van der Waals surface area contributed by atoms with E-state index >= 15 is 0 Å². The first-order valence-electron chi connectivity index (χ1n) is 10.1. The number of pyridine rings is 1. The zero-order valence-electron chi connectivity index (χ0n) is 17.8. The van der Waals surface area contributed by atoms with Gasteiger partial charge in [0.05, 0.1) is 25.6 Å². The molecule has 3 aromatic heterocycles. The molecule has 0 saturated heterocycles. The maximum absolute atomic E-state index is 12.5. The van der Waals surface area contributed by atoms with E-state index in [9.17, 15) is 4.79 Å². The second kappa shape index (κ2) is 8.30. The minimum Gasteiger partial charge on any atom is -0.495 e. The Morgan fingerprint density at radius 3 is 2.63 bits per heavy atom. The highest BCUT2D eigenvalue weighted by atomic mass is 16.5. The molecule has 0 unspecified atom stereocenters. The van der Waals surface area contributed by atoms with E-state index in [0.29, 0.717) is 36.3 Å². The normalized spacial score (nSPS) is 17.7. The van der Waals surface area contributed by atoms with Crippen LogP contribution in [-0.4, -0.2) is 38.3 Å². The van der Waals surface area contributed by atoms with Crippen LogP contribution in [0.5, 0.6) is 11.6 Å². The van der Waals surface area contributed by atoms with Crippen LogP contribution in [0.25, 0.3) is 0 Å². The van der Waals surface area contributed by atoms with Crippen LogP contribution in [0.15, 0.2) is 35.3 Å². The Morgan fingerprint density at radius 2 is 1.97 bits per heavy atom. The zero-order valence-corrected chi connectivity index (χ0v) is 17.8. The lowest BCUT2D eigenvalue weighted by molar-refractivity contribution is 0.277. The quantitative estimate of drug-likeness (QED) is 0.567. The molecule has 1 aliphatic rings. The fourth-order valence-electron chi connectivity index (χ4n) is 3.77. The number of hydrogen-bond donors (Lipinski definition) is 0. The van der Waals surface area contributed by atoms with Crippen LogP contribution in [-0.2, 0) is 26.9 Å². The fraction of sp³-hybridized carbons (Fsp3) is 0.455. The number of nitrogens with zero attached hydrogens (tertiary/aromatic N) is 5. The predicted molar refractivity (Wildman–Crippen MR) is 112 cm³/mol. The Hall–Kier alpha value is -3.16. The summed E-state index contributed by atoms with van der Waals surface area (Å²) in [6.07, 6.45) is 4.14. The van der Waals surface area contributed by atoms with Crippen LogP contribution in [0.2, 0.25) is 0 Å². The molecular formula is C22H27N5O3. The summed E-state index contributed by atoms with van der Waals surface area (Å²) in [5, 5.41) is 8.63. The molecule has 1 aliphatic carbocycles. The number of hydrogen-bond acceptors (Lipinski definition) is 6. The average Bonchev–Trinajstić information content (AvgIpc) is 3.44. The molecular weight excluding hydrogens is 382 g/mol. The minimum absolute atomic E-state index is 0.0898. The molecule has 0 bridgehead atoms. The summed E-state index contributed by atoms with van der Waals surface area (Å²) in [5.74, 6) is 2.05. The van der Waals surface area contributed by atoms with E-state index in [0.717, 1.165) is 35.7 Å². The second-order valence-electron chi connectivity index (χ2n) is 7.87. The fourth-order valence-corrected chi connectivity index (χ4v) is 3.77. The van der Waals surface area contributed by atoms with Crippen molar-refractivity contribution in [3.8, 4) is 11.6 Å². The van der Waals surface area contributed by atoms with Gasteiger partial charge in [-0.25, -0.2) is 4.68 Å². The largest absolute Gasteiger partial charge is 0.495 e. The van der Waals surface area contributed by atoms with Gasteiger partial charge in [0.15, 0.2) is 0 Å². The topological polar surface area (TPSA) is 84.1 Å². The Kier molecular flexibility index (Phi) is 5.57. The Bertz CT molecular complexity index is 1090. The first kappa shape index (κ1) is 20.1. The van der Waals surface area contributed by atoms with Gasteiger partial charge in [0, 0.05) is 48.9 Å². The summed E-state index contributed by atoms with van der Waals surface area (Å²) in [7, 11) is 5.22. The summed E-state index contributed by atoms with van der Waals surface area (Å²) in [6, 6.07) is 7.76. The molecule has 0 amide bonds. The van der Waals surface area contributed by atoms with Gasteiger partial charge in [0.25, 0.3) is 5.56 Å². The maximum Gasteiger partial charge on any atom is 0.269 e. The van der Waals surface area contributed by atoms with Crippen LogP contribution in [0.3, 0.4) is 0 Å². The summed E-state index contributed by atoms with van der Waals surface area (Å²) in [4.78, 5) is 16.9. The van der Waals surface area contributed by atoms with Crippen molar-refractivity contribution in [3.63, 3.8) is 0 Å². The molecule has 1 saturated carbocycles. The molecule has 0 spiro atoms. The predicted octanol–water partition coefficient (Wildman–Crippen LogP) is 2.19. The minimum atomic E-state index is -0.0898. The van der Waals surface area contributed by atoms with Crippen molar-refractivity contribution in [2.75, 3.05) is 13.7 Å². The molecule has 0 N–H and O–H groups in total. The Morgan fingerprint density at radius 1 is 1.13 bits per heavy atom. The molecule has 158 valence electrons. The van der Waals surface area contributed by atoms with Gasteiger partial charge in [0.2, 0.25) is 5.88 Å². The smallest absolute Gasteiger partial charge is 0.269 e. The third kappa shape index (κ3) is 4.37. The van der Waals surface area contributed by atoms with E-state index in [1.54, 1.807) is 26.4 Å². The highest BCUT2D eigenvalue weighted by Gasteiger charge is 2.40. The van der Waals surface area contributed by atoms with E-state index in [1.807, 2.05) is 36.9 Å². The monoisotopic (exact) mass is 409 g/mol. The van der Waals surface area contributed by atoms with Crippen LogP contribution < -0.4 is 15.0 Å². The third-order valence-corrected chi connectivity index (χ3v) is 5.61.